The molecule has 1 fully saturated rings. The van der Waals surface area contributed by atoms with E-state index in [1.165, 1.54) is 0 Å². The quantitative estimate of drug-likeness (QED) is 0.901. The molecular weight excluding hydrogens is 311 g/mol. The molecule has 1 heterocycles. The Morgan fingerprint density at radius 3 is 2.38 bits per heavy atom. The highest BCUT2D eigenvalue weighted by atomic mass is 35.5. The number of carbonyl (C=O) groups is 1. The van der Waals surface area contributed by atoms with Crippen molar-refractivity contribution in [2.45, 2.75) is 13.5 Å². The average Bonchev–Trinajstić information content (AvgIpc) is 2.45. The van der Waals surface area contributed by atoms with Crippen molar-refractivity contribution in [2.24, 2.45) is 5.92 Å². The van der Waals surface area contributed by atoms with Crippen LogP contribution in [0.2, 0.25) is 10.0 Å². The molecule has 4 nitrogen and oxygen atoms in total. The summed E-state index contributed by atoms with van der Waals surface area (Å²) in [6.07, 6.45) is 0. The van der Waals surface area contributed by atoms with Crippen molar-refractivity contribution in [1.29, 1.82) is 0 Å². The van der Waals surface area contributed by atoms with E-state index in [9.17, 15) is 4.79 Å². The topological polar surface area (TPSA) is 43.8 Å². The van der Waals surface area contributed by atoms with Crippen molar-refractivity contribution in [3.05, 3.63) is 33.8 Å². The van der Waals surface area contributed by atoms with Crippen molar-refractivity contribution in [3.63, 3.8) is 0 Å². The monoisotopic (exact) mass is 330 g/mol. The summed E-state index contributed by atoms with van der Waals surface area (Å²) in [6, 6.07) is 5.72. The minimum Gasteiger partial charge on any atom is -0.481 e. The number of piperazine rings is 1. The lowest BCUT2D eigenvalue weighted by Crippen LogP contribution is -2.47. The van der Waals surface area contributed by atoms with Gasteiger partial charge in [-0.2, -0.15) is 0 Å². The van der Waals surface area contributed by atoms with Gasteiger partial charge in [0.1, 0.15) is 0 Å². The largest absolute Gasteiger partial charge is 0.481 e. The molecule has 0 radical (unpaired) electrons. The number of hydrogen-bond donors (Lipinski definition) is 1. The minimum atomic E-state index is -0.728. The van der Waals surface area contributed by atoms with Crippen molar-refractivity contribution >= 4 is 29.2 Å². The predicted molar refractivity (Wildman–Crippen MR) is 85.0 cm³/mol. The molecule has 0 unspecified atom stereocenters. The van der Waals surface area contributed by atoms with Crippen LogP contribution in [0.1, 0.15) is 12.5 Å². The van der Waals surface area contributed by atoms with E-state index in [1.54, 1.807) is 6.92 Å². The number of rotatable bonds is 5. The van der Waals surface area contributed by atoms with Gasteiger partial charge in [0.25, 0.3) is 0 Å². The van der Waals surface area contributed by atoms with Crippen LogP contribution in [0.4, 0.5) is 0 Å². The third-order valence-electron chi connectivity index (χ3n) is 3.81. The molecule has 0 spiro atoms. The number of benzene rings is 1. The molecular formula is C15H20Cl2N2O2. The van der Waals surface area contributed by atoms with Crippen LogP contribution < -0.4 is 0 Å². The van der Waals surface area contributed by atoms with Gasteiger partial charge in [0, 0.05) is 39.3 Å². The number of nitrogens with zero attached hydrogens (tertiary/aromatic N) is 2. The molecule has 0 amide bonds. The van der Waals surface area contributed by atoms with Gasteiger partial charge < -0.3 is 5.11 Å². The molecule has 1 aliphatic rings. The lowest BCUT2D eigenvalue weighted by molar-refractivity contribution is -0.141. The highest BCUT2D eigenvalue weighted by molar-refractivity contribution is 6.42. The first-order chi connectivity index (χ1) is 9.95. The summed E-state index contributed by atoms with van der Waals surface area (Å²) in [7, 11) is 0. The highest BCUT2D eigenvalue weighted by Crippen LogP contribution is 2.23. The standard InChI is InChI=1S/C15H20Cl2N2O2/c1-11(15(20)21)9-18-4-6-19(7-5-18)10-12-2-3-13(16)14(17)8-12/h2-3,8,11H,4-7,9-10H2,1H3,(H,20,21)/t11-/m0/s1. The molecule has 1 atom stereocenters. The van der Waals surface area contributed by atoms with Crippen LogP contribution in [0.3, 0.4) is 0 Å². The molecule has 0 bridgehead atoms. The molecule has 6 heteroatoms. The summed E-state index contributed by atoms with van der Waals surface area (Å²) in [5.41, 5.74) is 1.15. The van der Waals surface area contributed by atoms with Crippen LogP contribution in [0, 0.1) is 5.92 Å². The Labute approximate surface area is 135 Å². The molecule has 1 saturated heterocycles. The van der Waals surface area contributed by atoms with Crippen LogP contribution in [-0.4, -0.2) is 53.6 Å². The summed E-state index contributed by atoms with van der Waals surface area (Å²) in [4.78, 5) is 15.4. The van der Waals surface area contributed by atoms with E-state index in [4.69, 9.17) is 28.3 Å². The van der Waals surface area contributed by atoms with E-state index in [0.29, 0.717) is 16.6 Å². The fourth-order valence-electron chi connectivity index (χ4n) is 2.49. The second-order valence-electron chi connectivity index (χ2n) is 5.56. The predicted octanol–water partition coefficient (Wildman–Crippen LogP) is 2.83. The zero-order valence-electron chi connectivity index (χ0n) is 12.1. The lowest BCUT2D eigenvalue weighted by atomic mass is 10.1. The summed E-state index contributed by atoms with van der Waals surface area (Å²) < 4.78 is 0. The maximum atomic E-state index is 10.9. The number of aliphatic carboxylic acids is 1. The first kappa shape index (κ1) is 16.6. The van der Waals surface area contributed by atoms with E-state index < -0.39 is 5.97 Å². The van der Waals surface area contributed by atoms with Gasteiger partial charge in [-0.25, -0.2) is 0 Å². The second-order valence-corrected chi connectivity index (χ2v) is 6.38. The molecule has 1 aliphatic heterocycles. The molecule has 1 N–H and O–H groups in total. The lowest BCUT2D eigenvalue weighted by Gasteiger charge is -2.35. The first-order valence-electron chi connectivity index (χ1n) is 7.07. The normalized spacial score (nSPS) is 18.6. The number of hydrogen-bond acceptors (Lipinski definition) is 3. The van der Waals surface area contributed by atoms with Crippen LogP contribution in [0.5, 0.6) is 0 Å². The molecule has 0 aromatic heterocycles. The number of halogens is 2. The summed E-state index contributed by atoms with van der Waals surface area (Å²) in [5, 5.41) is 10.1. The van der Waals surface area contributed by atoms with Gasteiger partial charge in [-0.15, -0.1) is 0 Å². The third-order valence-corrected chi connectivity index (χ3v) is 4.55. The Morgan fingerprint density at radius 1 is 1.19 bits per heavy atom. The Morgan fingerprint density at radius 2 is 1.81 bits per heavy atom. The van der Waals surface area contributed by atoms with E-state index in [1.807, 2.05) is 18.2 Å². The van der Waals surface area contributed by atoms with Crippen LogP contribution >= 0.6 is 23.2 Å². The Balaban J connectivity index is 1.81. The Bertz CT molecular complexity index is 502. The van der Waals surface area contributed by atoms with Crippen LogP contribution in [-0.2, 0) is 11.3 Å². The van der Waals surface area contributed by atoms with Gasteiger partial charge >= 0.3 is 5.97 Å². The van der Waals surface area contributed by atoms with Crippen molar-refractivity contribution < 1.29 is 9.90 Å². The summed E-state index contributed by atoms with van der Waals surface area (Å²) >= 11 is 11.9. The smallest absolute Gasteiger partial charge is 0.307 e. The number of carboxylic acids is 1. The maximum absolute atomic E-state index is 10.9. The fraction of sp³-hybridized carbons (Fsp3) is 0.533. The maximum Gasteiger partial charge on any atom is 0.307 e. The van der Waals surface area contributed by atoms with Gasteiger partial charge in [-0.1, -0.05) is 36.2 Å². The third kappa shape index (κ3) is 4.85. The average molecular weight is 331 g/mol. The van der Waals surface area contributed by atoms with Gasteiger partial charge in [-0.05, 0) is 17.7 Å². The molecule has 2 rings (SSSR count). The summed E-state index contributed by atoms with van der Waals surface area (Å²) in [5.74, 6) is -1.04. The zero-order valence-corrected chi connectivity index (χ0v) is 13.6. The molecule has 0 saturated carbocycles. The molecule has 116 valence electrons. The highest BCUT2D eigenvalue weighted by Gasteiger charge is 2.21. The van der Waals surface area contributed by atoms with E-state index in [0.717, 1.165) is 38.3 Å². The van der Waals surface area contributed by atoms with E-state index in [2.05, 4.69) is 9.80 Å². The zero-order chi connectivity index (χ0) is 15.4. The summed E-state index contributed by atoms with van der Waals surface area (Å²) in [6.45, 7) is 6.90. The van der Waals surface area contributed by atoms with Crippen molar-refractivity contribution in [1.82, 2.24) is 9.80 Å². The Hall–Kier alpha value is -0.810. The minimum absolute atomic E-state index is 0.313. The van der Waals surface area contributed by atoms with Crippen molar-refractivity contribution in [3.8, 4) is 0 Å². The number of carboxylic acid groups (broad SMARTS) is 1. The van der Waals surface area contributed by atoms with Gasteiger partial charge in [0.2, 0.25) is 0 Å². The molecule has 0 aliphatic carbocycles. The Kier molecular flexibility index (Phi) is 5.88. The fourth-order valence-corrected chi connectivity index (χ4v) is 2.81. The van der Waals surface area contributed by atoms with Crippen molar-refractivity contribution in [2.75, 3.05) is 32.7 Å². The van der Waals surface area contributed by atoms with Gasteiger partial charge in [0.05, 0.1) is 16.0 Å². The van der Waals surface area contributed by atoms with Crippen LogP contribution in [0.15, 0.2) is 18.2 Å². The molecule has 1 aromatic carbocycles. The van der Waals surface area contributed by atoms with Crippen LogP contribution in [0.25, 0.3) is 0 Å². The van der Waals surface area contributed by atoms with E-state index in [-0.39, 0.29) is 5.92 Å². The van der Waals surface area contributed by atoms with Gasteiger partial charge in [-0.3, -0.25) is 14.6 Å². The first-order valence-corrected chi connectivity index (χ1v) is 7.82. The SMILES string of the molecule is C[C@@H](CN1CCN(Cc2ccc(Cl)c(Cl)c2)CC1)C(=O)O. The van der Waals surface area contributed by atoms with E-state index >= 15 is 0 Å². The second kappa shape index (κ2) is 7.45. The molecule has 1 aromatic rings. The van der Waals surface area contributed by atoms with Gasteiger partial charge in [0.15, 0.2) is 0 Å². The molecule has 21 heavy (non-hydrogen) atoms.